The van der Waals surface area contributed by atoms with Crippen molar-refractivity contribution in [2.75, 3.05) is 6.54 Å². The second-order valence-corrected chi connectivity index (χ2v) is 5.87. The monoisotopic (exact) mass is 293 g/mol. The topological polar surface area (TPSA) is 98.1 Å². The molecule has 0 radical (unpaired) electrons. The molecule has 1 aliphatic heterocycles. The third-order valence-electron chi connectivity index (χ3n) is 3.34. The molecule has 20 heavy (non-hydrogen) atoms. The fraction of sp³-hybridized carbons (Fsp3) is 0.500. The quantitative estimate of drug-likeness (QED) is 0.911. The highest BCUT2D eigenvalue weighted by Gasteiger charge is 2.31. The van der Waals surface area contributed by atoms with Crippen LogP contribution in [0.5, 0.6) is 0 Å². The van der Waals surface area contributed by atoms with Gasteiger partial charge in [-0.3, -0.25) is 9.69 Å². The maximum Gasteiger partial charge on any atom is 0.290 e. The fourth-order valence-corrected chi connectivity index (χ4v) is 3.06. The molecule has 3 rings (SSSR count). The summed E-state index contributed by atoms with van der Waals surface area (Å²) >= 11 is 1.64. The number of nitrogens with zero attached hydrogens (tertiary/aromatic N) is 4. The summed E-state index contributed by atoms with van der Waals surface area (Å²) in [5.41, 5.74) is 6.19. The Morgan fingerprint density at radius 1 is 1.60 bits per heavy atom. The van der Waals surface area contributed by atoms with E-state index in [4.69, 9.17) is 10.3 Å². The van der Waals surface area contributed by atoms with Crippen LogP contribution in [0.3, 0.4) is 0 Å². The van der Waals surface area contributed by atoms with Crippen molar-refractivity contribution < 1.29 is 9.32 Å². The van der Waals surface area contributed by atoms with E-state index >= 15 is 0 Å². The minimum absolute atomic E-state index is 0.0395. The van der Waals surface area contributed by atoms with E-state index in [1.165, 1.54) is 0 Å². The molecule has 1 atom stereocenters. The minimum Gasteiger partial charge on any atom is -0.363 e. The number of carbonyl (C=O) groups is 1. The van der Waals surface area contributed by atoms with Gasteiger partial charge in [-0.2, -0.15) is 4.98 Å². The Hall–Kier alpha value is -1.80. The Balaban J connectivity index is 1.76. The van der Waals surface area contributed by atoms with E-state index < -0.39 is 5.91 Å². The molecule has 7 nitrogen and oxygen atoms in total. The van der Waals surface area contributed by atoms with Crippen molar-refractivity contribution >= 4 is 17.2 Å². The molecule has 0 saturated carbocycles. The number of rotatable bonds is 4. The number of primary amides is 1. The van der Waals surface area contributed by atoms with Gasteiger partial charge in [0.2, 0.25) is 5.89 Å². The van der Waals surface area contributed by atoms with Crippen molar-refractivity contribution in [2.45, 2.75) is 32.4 Å². The van der Waals surface area contributed by atoms with Gasteiger partial charge in [-0.15, -0.1) is 11.3 Å². The Labute approximate surface area is 119 Å². The van der Waals surface area contributed by atoms with Gasteiger partial charge in [0, 0.05) is 11.9 Å². The number of thiazole rings is 1. The summed E-state index contributed by atoms with van der Waals surface area (Å²) < 4.78 is 5.16. The Morgan fingerprint density at radius 3 is 3.10 bits per heavy atom. The lowest BCUT2D eigenvalue weighted by molar-refractivity contribution is 0.0987. The molecule has 0 bridgehead atoms. The standard InChI is InChI=1S/C12H15N5O2S/c1-7-14-8(6-20-7)5-17-4-2-3-9(17)12-15-11(10(13)18)16-19-12/h6,9H,2-5H2,1H3,(H2,13,18)/t9-/m1/s1. The summed E-state index contributed by atoms with van der Waals surface area (Å²) in [6.07, 6.45) is 1.99. The largest absolute Gasteiger partial charge is 0.363 e. The van der Waals surface area contributed by atoms with Gasteiger partial charge in [0.25, 0.3) is 11.7 Å². The zero-order chi connectivity index (χ0) is 14.1. The molecule has 1 saturated heterocycles. The number of nitrogens with two attached hydrogens (primary N) is 1. The molecule has 2 aromatic rings. The molecular weight excluding hydrogens is 278 g/mol. The normalized spacial score (nSPS) is 19.6. The molecule has 1 aliphatic rings. The van der Waals surface area contributed by atoms with Crippen LogP contribution in [0.15, 0.2) is 9.90 Å². The fourth-order valence-electron chi connectivity index (χ4n) is 2.45. The van der Waals surface area contributed by atoms with Crippen LogP contribution < -0.4 is 5.73 Å². The zero-order valence-corrected chi connectivity index (χ0v) is 11.9. The predicted molar refractivity (Wildman–Crippen MR) is 72.1 cm³/mol. The number of amides is 1. The zero-order valence-electron chi connectivity index (χ0n) is 11.1. The molecule has 106 valence electrons. The van der Waals surface area contributed by atoms with E-state index in [1.54, 1.807) is 11.3 Å². The van der Waals surface area contributed by atoms with Gasteiger partial charge in [-0.05, 0) is 26.3 Å². The number of aromatic nitrogens is 3. The summed E-state index contributed by atoms with van der Waals surface area (Å²) in [6.45, 7) is 3.70. The van der Waals surface area contributed by atoms with Crippen LogP contribution in [0.25, 0.3) is 0 Å². The molecule has 2 aromatic heterocycles. The van der Waals surface area contributed by atoms with Crippen molar-refractivity contribution in [3.63, 3.8) is 0 Å². The second kappa shape index (κ2) is 5.29. The Kier molecular flexibility index (Phi) is 3.49. The number of hydrogen-bond donors (Lipinski definition) is 1. The molecule has 0 aliphatic carbocycles. The van der Waals surface area contributed by atoms with E-state index in [0.717, 1.165) is 36.6 Å². The second-order valence-electron chi connectivity index (χ2n) is 4.81. The maximum absolute atomic E-state index is 11.0. The van der Waals surface area contributed by atoms with E-state index in [2.05, 4.69) is 25.4 Å². The molecule has 3 heterocycles. The van der Waals surface area contributed by atoms with Crippen LogP contribution >= 0.6 is 11.3 Å². The van der Waals surface area contributed by atoms with E-state index in [9.17, 15) is 4.79 Å². The maximum atomic E-state index is 11.0. The average Bonchev–Trinajstić information content (AvgIpc) is 3.10. The van der Waals surface area contributed by atoms with Gasteiger partial charge in [-0.25, -0.2) is 4.98 Å². The third kappa shape index (κ3) is 2.56. The van der Waals surface area contributed by atoms with Gasteiger partial charge in [0.15, 0.2) is 0 Å². The molecule has 0 aromatic carbocycles. The first-order valence-corrected chi connectivity index (χ1v) is 7.30. The van der Waals surface area contributed by atoms with E-state index in [-0.39, 0.29) is 11.9 Å². The van der Waals surface area contributed by atoms with Crippen LogP contribution in [-0.2, 0) is 6.54 Å². The van der Waals surface area contributed by atoms with Crippen molar-refractivity contribution in [1.29, 1.82) is 0 Å². The lowest BCUT2D eigenvalue weighted by atomic mass is 10.2. The van der Waals surface area contributed by atoms with Crippen LogP contribution in [0.2, 0.25) is 0 Å². The first-order chi connectivity index (χ1) is 9.63. The van der Waals surface area contributed by atoms with Crippen molar-refractivity contribution in [2.24, 2.45) is 5.73 Å². The molecule has 0 unspecified atom stereocenters. The number of carbonyl (C=O) groups excluding carboxylic acids is 1. The van der Waals surface area contributed by atoms with Crippen LogP contribution in [0.4, 0.5) is 0 Å². The Morgan fingerprint density at radius 2 is 2.45 bits per heavy atom. The first kappa shape index (κ1) is 13.2. The van der Waals surface area contributed by atoms with Crippen molar-refractivity contribution in [1.82, 2.24) is 20.0 Å². The van der Waals surface area contributed by atoms with E-state index in [1.807, 2.05) is 6.92 Å². The number of aryl methyl sites for hydroxylation is 1. The lowest BCUT2D eigenvalue weighted by Crippen LogP contribution is -2.23. The Bertz CT molecular complexity index is 623. The minimum atomic E-state index is -0.667. The smallest absolute Gasteiger partial charge is 0.290 e. The molecule has 2 N–H and O–H groups in total. The SMILES string of the molecule is Cc1nc(CN2CCC[C@@H]2c2nc(C(N)=O)no2)cs1. The van der Waals surface area contributed by atoms with Gasteiger partial charge < -0.3 is 10.3 Å². The van der Waals surface area contributed by atoms with Gasteiger partial charge in [0.1, 0.15) is 0 Å². The third-order valence-corrected chi connectivity index (χ3v) is 4.16. The molecule has 0 spiro atoms. The molecule has 8 heteroatoms. The van der Waals surface area contributed by atoms with Crippen LogP contribution in [0.1, 0.15) is 46.1 Å². The number of hydrogen-bond acceptors (Lipinski definition) is 7. The molecule has 1 fully saturated rings. The summed E-state index contributed by atoms with van der Waals surface area (Å²) in [5.74, 6) is -0.265. The molecule has 1 amide bonds. The summed E-state index contributed by atoms with van der Waals surface area (Å²) in [5, 5.41) is 6.73. The summed E-state index contributed by atoms with van der Waals surface area (Å²) in [6, 6.07) is 0.0395. The first-order valence-electron chi connectivity index (χ1n) is 6.42. The van der Waals surface area contributed by atoms with Gasteiger partial charge in [-0.1, -0.05) is 5.16 Å². The summed E-state index contributed by atoms with van der Waals surface area (Å²) in [7, 11) is 0. The van der Waals surface area contributed by atoms with Gasteiger partial charge in [0.05, 0.1) is 16.7 Å². The average molecular weight is 293 g/mol. The highest BCUT2D eigenvalue weighted by molar-refractivity contribution is 7.09. The van der Waals surface area contributed by atoms with E-state index in [0.29, 0.717) is 5.89 Å². The summed E-state index contributed by atoms with van der Waals surface area (Å²) in [4.78, 5) is 21.8. The number of likely N-dealkylation sites (tertiary alicyclic amines) is 1. The van der Waals surface area contributed by atoms with Crippen molar-refractivity contribution in [3.8, 4) is 0 Å². The predicted octanol–water partition coefficient (Wildman–Crippen LogP) is 1.27. The molecular formula is C12H15N5O2S. The van der Waals surface area contributed by atoms with Crippen LogP contribution in [-0.4, -0.2) is 32.5 Å². The highest BCUT2D eigenvalue weighted by atomic mass is 32.1. The van der Waals surface area contributed by atoms with Gasteiger partial charge >= 0.3 is 0 Å². The van der Waals surface area contributed by atoms with Crippen LogP contribution in [0, 0.1) is 6.92 Å². The lowest BCUT2D eigenvalue weighted by Gasteiger charge is -2.20. The van der Waals surface area contributed by atoms with Crippen molar-refractivity contribution in [3.05, 3.63) is 27.8 Å². The highest BCUT2D eigenvalue weighted by Crippen LogP contribution is 2.32.